The first kappa shape index (κ1) is 18.0. The van der Waals surface area contributed by atoms with Crippen LogP contribution in [-0.2, 0) is 19.4 Å². The number of amides is 1. The molecule has 1 aromatic rings. The molecule has 2 N–H and O–H groups in total. The zero-order valence-corrected chi connectivity index (χ0v) is 14.9. The molecule has 3 rings (SSSR count). The van der Waals surface area contributed by atoms with Crippen LogP contribution in [0, 0.1) is 11.3 Å². The van der Waals surface area contributed by atoms with Gasteiger partial charge in [0.15, 0.2) is 6.61 Å². The molecule has 2 fully saturated rings. The number of hydrogen-bond donors (Lipinski definition) is 2. The van der Waals surface area contributed by atoms with E-state index in [0.717, 1.165) is 0 Å². The number of aliphatic carboxylic acids is 1. The van der Waals surface area contributed by atoms with Gasteiger partial charge in [0.1, 0.15) is 15.6 Å². The third-order valence-corrected chi connectivity index (χ3v) is 6.83. The number of nitrogens with one attached hydrogen (secondary N) is 1. The first-order valence-electron chi connectivity index (χ1n) is 7.86. The normalized spacial score (nSPS) is 23.0. The lowest BCUT2D eigenvalue weighted by Crippen LogP contribution is -2.28. The lowest BCUT2D eigenvalue weighted by Gasteiger charge is -2.22. The van der Waals surface area contributed by atoms with Crippen LogP contribution in [0.2, 0.25) is 5.02 Å². The molecule has 1 heterocycles. The van der Waals surface area contributed by atoms with Gasteiger partial charge >= 0.3 is 5.97 Å². The van der Waals surface area contributed by atoms with Gasteiger partial charge in [0.2, 0.25) is 5.91 Å². The zero-order valence-electron chi connectivity index (χ0n) is 13.3. The monoisotopic (exact) mass is 387 g/mol. The Morgan fingerprint density at radius 3 is 2.60 bits per heavy atom. The molecule has 1 saturated carbocycles. The van der Waals surface area contributed by atoms with Crippen molar-refractivity contribution in [3.8, 4) is 5.75 Å². The molecule has 0 aromatic heterocycles. The fourth-order valence-corrected chi connectivity index (χ4v) is 5.15. The minimum atomic E-state index is -2.95. The van der Waals surface area contributed by atoms with E-state index in [9.17, 15) is 18.0 Å². The highest BCUT2D eigenvalue weighted by molar-refractivity contribution is 7.91. The fourth-order valence-electron chi connectivity index (χ4n) is 3.28. The summed E-state index contributed by atoms with van der Waals surface area (Å²) in [6.45, 7) is -0.501. The smallest absolute Gasteiger partial charge is 0.341 e. The number of rotatable bonds is 5. The Balaban J connectivity index is 1.59. The van der Waals surface area contributed by atoms with E-state index in [0.29, 0.717) is 24.9 Å². The minimum Gasteiger partial charge on any atom is -0.480 e. The molecule has 25 heavy (non-hydrogen) atoms. The van der Waals surface area contributed by atoms with Crippen molar-refractivity contribution >= 4 is 39.0 Å². The molecule has 1 unspecified atom stereocenters. The fraction of sp³-hybridized carbons (Fsp3) is 0.500. The molecule has 1 aliphatic carbocycles. The molecule has 1 saturated heterocycles. The second-order valence-corrected chi connectivity index (χ2v) is 9.30. The Hall–Kier alpha value is -1.80. The number of anilines is 1. The number of halogens is 1. The summed E-state index contributed by atoms with van der Waals surface area (Å²) in [5.41, 5.74) is 0.312. The van der Waals surface area contributed by atoms with Gasteiger partial charge in [-0.05, 0) is 42.9 Å². The molecule has 2 aliphatic rings. The van der Waals surface area contributed by atoms with E-state index in [1.54, 1.807) is 6.07 Å². The molecule has 9 heteroatoms. The van der Waals surface area contributed by atoms with Gasteiger partial charge in [-0.25, -0.2) is 13.2 Å². The van der Waals surface area contributed by atoms with Crippen molar-refractivity contribution in [1.29, 1.82) is 0 Å². The molecule has 1 spiro atoms. The highest BCUT2D eigenvalue weighted by Gasteiger charge is 2.59. The summed E-state index contributed by atoms with van der Waals surface area (Å²) in [5, 5.41) is 11.6. The van der Waals surface area contributed by atoms with Gasteiger partial charge in [-0.3, -0.25) is 4.79 Å². The Kier molecular flexibility index (Phi) is 4.68. The van der Waals surface area contributed by atoms with Gasteiger partial charge in [0.25, 0.3) is 0 Å². The van der Waals surface area contributed by atoms with E-state index >= 15 is 0 Å². The van der Waals surface area contributed by atoms with Gasteiger partial charge in [-0.15, -0.1) is 0 Å². The van der Waals surface area contributed by atoms with E-state index in [2.05, 4.69) is 5.32 Å². The van der Waals surface area contributed by atoms with Gasteiger partial charge < -0.3 is 15.2 Å². The maximum absolute atomic E-state index is 12.4. The number of benzene rings is 1. The van der Waals surface area contributed by atoms with Crippen LogP contribution in [0.4, 0.5) is 5.69 Å². The standard InChI is InChI=1S/C16H18ClNO6S/c17-12-7-10(1-2-13(12)24-9-14(19)20)18-15(21)11-8-16(11)3-5-25(22,23)6-4-16/h1-2,7,11H,3-6,8-9H2,(H,18,21)(H,19,20). The highest BCUT2D eigenvalue weighted by atomic mass is 35.5. The SMILES string of the molecule is O=C(O)COc1ccc(NC(=O)C2CC23CCS(=O)(=O)CC3)cc1Cl. The predicted octanol–water partition coefficient (Wildman–Crippen LogP) is 1.96. The second-order valence-electron chi connectivity index (χ2n) is 6.59. The summed E-state index contributed by atoms with van der Waals surface area (Å²) < 4.78 is 28.1. The quantitative estimate of drug-likeness (QED) is 0.799. The Morgan fingerprint density at radius 1 is 1.32 bits per heavy atom. The van der Waals surface area contributed by atoms with E-state index in [4.69, 9.17) is 21.4 Å². The average Bonchev–Trinajstić information content (AvgIpc) is 3.24. The van der Waals surface area contributed by atoms with Crippen LogP contribution < -0.4 is 10.1 Å². The molecule has 0 radical (unpaired) electrons. The van der Waals surface area contributed by atoms with E-state index in [1.807, 2.05) is 0 Å². The molecular formula is C16H18ClNO6S. The van der Waals surface area contributed by atoms with Crippen LogP contribution in [-0.4, -0.2) is 43.5 Å². The summed E-state index contributed by atoms with van der Waals surface area (Å²) in [7, 11) is -2.95. The number of carboxylic acid groups (broad SMARTS) is 1. The van der Waals surface area contributed by atoms with Crippen LogP contribution in [0.1, 0.15) is 19.3 Å². The molecular weight excluding hydrogens is 370 g/mol. The first-order valence-corrected chi connectivity index (χ1v) is 10.1. The summed E-state index contributed by atoms with van der Waals surface area (Å²) >= 11 is 6.03. The lowest BCUT2D eigenvalue weighted by atomic mass is 9.96. The number of carbonyl (C=O) groups excluding carboxylic acids is 1. The number of carbonyl (C=O) groups is 2. The first-order chi connectivity index (χ1) is 11.7. The highest BCUT2D eigenvalue weighted by Crippen LogP contribution is 2.60. The minimum absolute atomic E-state index is 0.144. The van der Waals surface area contributed by atoms with Crippen LogP contribution in [0.15, 0.2) is 18.2 Å². The molecule has 1 aromatic carbocycles. The summed E-state index contributed by atoms with van der Waals surface area (Å²) in [4.78, 5) is 22.9. The maximum atomic E-state index is 12.4. The summed E-state index contributed by atoms with van der Waals surface area (Å²) in [6, 6.07) is 4.58. The Morgan fingerprint density at radius 2 is 2.00 bits per heavy atom. The maximum Gasteiger partial charge on any atom is 0.341 e. The van der Waals surface area contributed by atoms with Crippen molar-refractivity contribution in [2.45, 2.75) is 19.3 Å². The van der Waals surface area contributed by atoms with Crippen LogP contribution in [0.25, 0.3) is 0 Å². The molecule has 1 atom stereocenters. The topological polar surface area (TPSA) is 110 Å². The number of hydrogen-bond acceptors (Lipinski definition) is 5. The zero-order chi connectivity index (χ0) is 18.2. The molecule has 1 aliphatic heterocycles. The van der Waals surface area contributed by atoms with Crippen LogP contribution in [0.3, 0.4) is 0 Å². The third-order valence-electron chi connectivity index (χ3n) is 4.88. The van der Waals surface area contributed by atoms with Crippen molar-refractivity contribution in [3.63, 3.8) is 0 Å². The van der Waals surface area contributed by atoms with Crippen molar-refractivity contribution in [2.24, 2.45) is 11.3 Å². The second kappa shape index (κ2) is 6.49. The number of carboxylic acids is 1. The van der Waals surface area contributed by atoms with Crippen LogP contribution in [0.5, 0.6) is 5.75 Å². The largest absolute Gasteiger partial charge is 0.480 e. The Labute approximate surface area is 150 Å². The lowest BCUT2D eigenvalue weighted by molar-refractivity contribution is -0.139. The summed E-state index contributed by atoms with van der Waals surface area (Å²) in [6.07, 6.45) is 1.79. The van der Waals surface area contributed by atoms with Gasteiger partial charge in [0, 0.05) is 11.6 Å². The Bertz CT molecular complexity index is 808. The molecule has 136 valence electrons. The number of ether oxygens (including phenoxy) is 1. The van der Waals surface area contributed by atoms with Crippen molar-refractivity contribution in [3.05, 3.63) is 23.2 Å². The van der Waals surface area contributed by atoms with Gasteiger partial charge in [0.05, 0.1) is 16.5 Å². The molecule has 1 amide bonds. The van der Waals surface area contributed by atoms with Gasteiger partial charge in [-0.2, -0.15) is 0 Å². The summed E-state index contributed by atoms with van der Waals surface area (Å²) in [5.74, 6) is -0.903. The molecule has 0 bridgehead atoms. The molecule has 7 nitrogen and oxygen atoms in total. The van der Waals surface area contributed by atoms with Crippen molar-refractivity contribution in [2.75, 3.05) is 23.4 Å². The van der Waals surface area contributed by atoms with Crippen molar-refractivity contribution in [1.82, 2.24) is 0 Å². The number of sulfone groups is 1. The van der Waals surface area contributed by atoms with Crippen LogP contribution >= 0.6 is 11.6 Å². The average molecular weight is 388 g/mol. The van der Waals surface area contributed by atoms with Gasteiger partial charge in [-0.1, -0.05) is 11.6 Å². The predicted molar refractivity (Wildman–Crippen MR) is 91.6 cm³/mol. The third kappa shape index (κ3) is 4.07. The van der Waals surface area contributed by atoms with E-state index in [-0.39, 0.29) is 39.5 Å². The van der Waals surface area contributed by atoms with E-state index < -0.39 is 22.4 Å². The van der Waals surface area contributed by atoms with Crippen molar-refractivity contribution < 1.29 is 27.9 Å². The van der Waals surface area contributed by atoms with E-state index in [1.165, 1.54) is 12.1 Å².